The maximum absolute atomic E-state index is 11.8. The number of H-pyrrole nitrogens is 1. The van der Waals surface area contributed by atoms with Gasteiger partial charge in [0.2, 0.25) is 5.95 Å². The zero-order chi connectivity index (χ0) is 12.3. The van der Waals surface area contributed by atoms with Crippen molar-refractivity contribution in [2.75, 3.05) is 12.4 Å². The van der Waals surface area contributed by atoms with E-state index in [1.54, 1.807) is 12.1 Å². The van der Waals surface area contributed by atoms with Gasteiger partial charge in [-0.2, -0.15) is 4.98 Å². The van der Waals surface area contributed by atoms with E-state index >= 15 is 0 Å². The Morgan fingerprint density at radius 3 is 3.06 bits per heavy atom. The van der Waals surface area contributed by atoms with Gasteiger partial charge in [-0.3, -0.25) is 10.1 Å². The second-order valence-corrected chi connectivity index (χ2v) is 3.80. The van der Waals surface area contributed by atoms with E-state index in [0.717, 1.165) is 0 Å². The highest BCUT2D eigenvalue weighted by Crippen LogP contribution is 2.10. The van der Waals surface area contributed by atoms with Gasteiger partial charge >= 0.3 is 6.01 Å². The van der Waals surface area contributed by atoms with Gasteiger partial charge in [0.15, 0.2) is 0 Å². The van der Waals surface area contributed by atoms with Gasteiger partial charge in [0.05, 0.1) is 7.11 Å². The van der Waals surface area contributed by atoms with Crippen molar-refractivity contribution in [1.82, 2.24) is 20.2 Å². The molecule has 7 nitrogen and oxygen atoms in total. The van der Waals surface area contributed by atoms with Crippen molar-refractivity contribution in [1.29, 1.82) is 0 Å². The van der Waals surface area contributed by atoms with Crippen LogP contribution in [0.4, 0.5) is 5.95 Å². The molecule has 0 saturated carbocycles. The fraction of sp³-hybridized carbons (Fsp3) is 0.111. The van der Waals surface area contributed by atoms with E-state index in [4.69, 9.17) is 4.74 Å². The molecule has 88 valence electrons. The molecular formula is C9H8BrN5O2. The van der Waals surface area contributed by atoms with Crippen molar-refractivity contribution in [2.45, 2.75) is 0 Å². The summed E-state index contributed by atoms with van der Waals surface area (Å²) >= 11 is 3.18. The zero-order valence-corrected chi connectivity index (χ0v) is 10.4. The Labute approximate surface area is 105 Å². The van der Waals surface area contributed by atoms with E-state index in [0.29, 0.717) is 10.2 Å². The summed E-state index contributed by atoms with van der Waals surface area (Å²) in [5.74, 6) is -0.0910. The number of halogens is 1. The SMILES string of the molecule is COc1n[nH]c(NC(=O)c2ccnc(Br)c2)n1. The van der Waals surface area contributed by atoms with Crippen molar-refractivity contribution in [3.63, 3.8) is 0 Å². The number of nitrogens with one attached hydrogen (secondary N) is 2. The number of nitrogens with zero attached hydrogens (tertiary/aromatic N) is 3. The van der Waals surface area contributed by atoms with Crippen molar-refractivity contribution < 1.29 is 9.53 Å². The van der Waals surface area contributed by atoms with Crippen molar-refractivity contribution in [3.8, 4) is 6.01 Å². The number of rotatable bonds is 3. The molecule has 0 spiro atoms. The van der Waals surface area contributed by atoms with E-state index in [9.17, 15) is 4.79 Å². The quantitative estimate of drug-likeness (QED) is 0.831. The first-order valence-electron chi connectivity index (χ1n) is 4.58. The Morgan fingerprint density at radius 2 is 2.41 bits per heavy atom. The van der Waals surface area contributed by atoms with Crippen molar-refractivity contribution in [3.05, 3.63) is 28.5 Å². The Balaban J connectivity index is 2.11. The van der Waals surface area contributed by atoms with Gasteiger partial charge in [-0.05, 0) is 28.1 Å². The van der Waals surface area contributed by atoms with Crippen LogP contribution in [0.5, 0.6) is 6.01 Å². The third-order valence-electron chi connectivity index (χ3n) is 1.87. The summed E-state index contributed by atoms with van der Waals surface area (Å²) in [7, 11) is 1.44. The van der Waals surface area contributed by atoms with Crippen LogP contribution >= 0.6 is 15.9 Å². The number of methoxy groups -OCH3 is 1. The lowest BCUT2D eigenvalue weighted by atomic mass is 10.2. The monoisotopic (exact) mass is 297 g/mol. The van der Waals surface area contributed by atoms with Gasteiger partial charge in [0, 0.05) is 11.8 Å². The maximum atomic E-state index is 11.8. The van der Waals surface area contributed by atoms with Crippen LogP contribution in [0.25, 0.3) is 0 Å². The second-order valence-electron chi connectivity index (χ2n) is 2.99. The van der Waals surface area contributed by atoms with Gasteiger partial charge in [-0.15, -0.1) is 5.10 Å². The largest absolute Gasteiger partial charge is 0.466 e. The third-order valence-corrected chi connectivity index (χ3v) is 2.30. The van der Waals surface area contributed by atoms with Crippen LogP contribution in [-0.4, -0.2) is 33.2 Å². The van der Waals surface area contributed by atoms with E-state index in [1.165, 1.54) is 13.3 Å². The Morgan fingerprint density at radius 1 is 1.59 bits per heavy atom. The predicted octanol–water partition coefficient (Wildman–Crippen LogP) is 1.22. The topological polar surface area (TPSA) is 92.8 Å². The number of anilines is 1. The number of hydrogen-bond donors (Lipinski definition) is 2. The van der Waals surface area contributed by atoms with Gasteiger partial charge in [0.1, 0.15) is 4.60 Å². The molecule has 2 N–H and O–H groups in total. The summed E-state index contributed by atoms with van der Waals surface area (Å²) in [6, 6.07) is 3.35. The highest BCUT2D eigenvalue weighted by atomic mass is 79.9. The first-order valence-corrected chi connectivity index (χ1v) is 5.37. The molecule has 0 aromatic carbocycles. The molecule has 0 saturated heterocycles. The summed E-state index contributed by atoms with van der Waals surface area (Å²) in [4.78, 5) is 19.6. The minimum Gasteiger partial charge on any atom is -0.466 e. The summed E-state index contributed by atoms with van der Waals surface area (Å²) in [5, 5.41) is 8.77. The fourth-order valence-corrected chi connectivity index (χ4v) is 1.48. The van der Waals surface area contributed by atoms with Gasteiger partial charge in [-0.1, -0.05) is 0 Å². The highest BCUT2D eigenvalue weighted by molar-refractivity contribution is 9.10. The van der Waals surface area contributed by atoms with Crippen LogP contribution in [-0.2, 0) is 0 Å². The number of amides is 1. The molecule has 0 aliphatic heterocycles. The molecule has 2 rings (SSSR count). The highest BCUT2D eigenvalue weighted by Gasteiger charge is 2.09. The number of aromatic amines is 1. The predicted molar refractivity (Wildman–Crippen MR) is 62.8 cm³/mol. The molecule has 0 unspecified atom stereocenters. The lowest BCUT2D eigenvalue weighted by Crippen LogP contribution is -2.13. The summed E-state index contributed by atoms with van der Waals surface area (Å²) < 4.78 is 5.36. The molecule has 1 amide bonds. The molecule has 2 aromatic rings. The number of carbonyl (C=O) groups is 1. The average molecular weight is 298 g/mol. The van der Waals surface area contributed by atoms with Crippen LogP contribution in [0.2, 0.25) is 0 Å². The molecule has 0 aliphatic rings. The number of aromatic nitrogens is 4. The second kappa shape index (κ2) is 4.91. The Kier molecular flexibility index (Phi) is 3.33. The minimum atomic E-state index is -0.313. The lowest BCUT2D eigenvalue weighted by Gasteiger charge is -2.00. The lowest BCUT2D eigenvalue weighted by molar-refractivity contribution is 0.102. The summed E-state index contributed by atoms with van der Waals surface area (Å²) in [6.07, 6.45) is 1.53. The third kappa shape index (κ3) is 2.78. The molecule has 0 atom stereocenters. The molecule has 0 bridgehead atoms. The minimum absolute atomic E-state index is 0.163. The van der Waals surface area contributed by atoms with Crippen molar-refractivity contribution in [2.24, 2.45) is 0 Å². The van der Waals surface area contributed by atoms with E-state index < -0.39 is 0 Å². The molecule has 0 radical (unpaired) electrons. The summed E-state index contributed by atoms with van der Waals surface area (Å²) in [6.45, 7) is 0. The first kappa shape index (κ1) is 11.5. The van der Waals surface area contributed by atoms with Gasteiger partial charge < -0.3 is 4.74 Å². The molecule has 0 aliphatic carbocycles. The van der Waals surface area contributed by atoms with Gasteiger partial charge in [-0.25, -0.2) is 10.1 Å². The smallest absolute Gasteiger partial charge is 0.336 e. The van der Waals surface area contributed by atoms with E-state index in [-0.39, 0.29) is 17.9 Å². The maximum Gasteiger partial charge on any atom is 0.336 e. The van der Waals surface area contributed by atoms with Crippen LogP contribution in [0, 0.1) is 0 Å². The van der Waals surface area contributed by atoms with Crippen LogP contribution < -0.4 is 10.1 Å². The molecule has 17 heavy (non-hydrogen) atoms. The van der Waals surface area contributed by atoms with Gasteiger partial charge in [0.25, 0.3) is 5.91 Å². The fourth-order valence-electron chi connectivity index (χ4n) is 1.12. The van der Waals surface area contributed by atoms with Crippen LogP contribution in [0.1, 0.15) is 10.4 Å². The number of hydrogen-bond acceptors (Lipinski definition) is 5. The van der Waals surface area contributed by atoms with Crippen molar-refractivity contribution >= 4 is 27.8 Å². The molecule has 2 heterocycles. The molecule has 0 fully saturated rings. The average Bonchev–Trinajstić information content (AvgIpc) is 2.77. The van der Waals surface area contributed by atoms with Crippen LogP contribution in [0.15, 0.2) is 22.9 Å². The number of carbonyl (C=O) groups excluding carboxylic acids is 1. The summed E-state index contributed by atoms with van der Waals surface area (Å²) in [5.41, 5.74) is 0.460. The number of ether oxygens (including phenoxy) is 1. The Hall–Kier alpha value is -1.96. The standard InChI is InChI=1S/C9H8BrN5O2/c1-17-9-13-8(14-15-9)12-7(16)5-2-3-11-6(10)4-5/h2-4H,1H3,(H2,12,13,14,15,16). The van der Waals surface area contributed by atoms with E-state index in [2.05, 4.69) is 41.4 Å². The Bertz CT molecular complexity index is 542. The van der Waals surface area contributed by atoms with E-state index in [1.807, 2.05) is 0 Å². The normalized spacial score (nSPS) is 10.0. The molecular weight excluding hydrogens is 290 g/mol. The number of pyridine rings is 1. The first-order chi connectivity index (χ1) is 8.19. The molecule has 2 aromatic heterocycles. The molecule has 8 heteroatoms. The van der Waals surface area contributed by atoms with Crippen LogP contribution in [0.3, 0.4) is 0 Å². The zero-order valence-electron chi connectivity index (χ0n) is 8.77.